The molecular weight excluding hydrogens is 358 g/mol. The van der Waals surface area contributed by atoms with E-state index in [1.54, 1.807) is 19.1 Å². The molecule has 0 bridgehead atoms. The van der Waals surface area contributed by atoms with Gasteiger partial charge in [-0.05, 0) is 37.3 Å². The Labute approximate surface area is 145 Å². The molecule has 0 radical (unpaired) electrons. The van der Waals surface area contributed by atoms with Crippen molar-refractivity contribution in [1.82, 2.24) is 4.90 Å². The number of nitrogens with zero attached hydrogens (tertiary/aromatic N) is 1. The summed E-state index contributed by atoms with van der Waals surface area (Å²) in [5, 5.41) is 0. The summed E-state index contributed by atoms with van der Waals surface area (Å²) >= 11 is 3.44. The van der Waals surface area contributed by atoms with E-state index in [0.29, 0.717) is 12.3 Å². The van der Waals surface area contributed by atoms with Crippen molar-refractivity contribution in [1.29, 1.82) is 0 Å². The molecule has 2 aromatic carbocycles. The summed E-state index contributed by atoms with van der Waals surface area (Å²) in [6.07, 6.45) is 0. The average Bonchev–Trinajstić information content (AvgIpc) is 2.54. The highest BCUT2D eigenvalue weighted by Crippen LogP contribution is 2.24. The van der Waals surface area contributed by atoms with E-state index in [-0.39, 0.29) is 12.5 Å². The van der Waals surface area contributed by atoms with E-state index in [9.17, 15) is 4.79 Å². The summed E-state index contributed by atoms with van der Waals surface area (Å²) < 4.78 is 11.8. The van der Waals surface area contributed by atoms with Crippen LogP contribution in [0.2, 0.25) is 0 Å². The van der Waals surface area contributed by atoms with Gasteiger partial charge in [-0.3, -0.25) is 4.79 Å². The first-order chi connectivity index (χ1) is 11.0. The van der Waals surface area contributed by atoms with Crippen LogP contribution in [0.25, 0.3) is 0 Å². The van der Waals surface area contributed by atoms with Crippen molar-refractivity contribution >= 4 is 21.8 Å². The van der Waals surface area contributed by atoms with Crippen molar-refractivity contribution < 1.29 is 14.3 Å². The molecule has 0 aliphatic rings. The minimum atomic E-state index is -0.0902. The van der Waals surface area contributed by atoms with E-state index >= 15 is 0 Å². The number of halogens is 1. The molecule has 0 spiro atoms. The number of rotatable bonds is 6. The third-order valence-electron chi connectivity index (χ3n) is 3.46. The van der Waals surface area contributed by atoms with Gasteiger partial charge in [0.1, 0.15) is 11.5 Å². The quantitative estimate of drug-likeness (QED) is 0.768. The maximum absolute atomic E-state index is 12.2. The highest BCUT2D eigenvalue weighted by molar-refractivity contribution is 9.10. The summed E-state index contributed by atoms with van der Waals surface area (Å²) in [6, 6.07) is 13.4. The van der Waals surface area contributed by atoms with Crippen molar-refractivity contribution in [2.24, 2.45) is 0 Å². The fourth-order valence-electron chi connectivity index (χ4n) is 2.10. The SMILES string of the molecule is COc1ccc(Br)cc1CN(C)C(=O)COc1ccc(C)cc1. The predicted molar refractivity (Wildman–Crippen MR) is 93.8 cm³/mol. The van der Waals surface area contributed by atoms with E-state index in [1.165, 1.54) is 0 Å². The Morgan fingerprint density at radius 1 is 1.17 bits per heavy atom. The Morgan fingerprint density at radius 2 is 1.87 bits per heavy atom. The highest BCUT2D eigenvalue weighted by Gasteiger charge is 2.13. The summed E-state index contributed by atoms with van der Waals surface area (Å²) in [5.41, 5.74) is 2.09. The molecule has 0 unspecified atom stereocenters. The third-order valence-corrected chi connectivity index (χ3v) is 3.95. The molecule has 0 atom stereocenters. The van der Waals surface area contributed by atoms with Gasteiger partial charge in [-0.25, -0.2) is 0 Å². The van der Waals surface area contributed by atoms with Gasteiger partial charge < -0.3 is 14.4 Å². The number of hydrogen-bond acceptors (Lipinski definition) is 3. The molecule has 5 heteroatoms. The molecule has 0 saturated heterocycles. The monoisotopic (exact) mass is 377 g/mol. The molecule has 4 nitrogen and oxygen atoms in total. The molecule has 2 aromatic rings. The van der Waals surface area contributed by atoms with Crippen LogP contribution in [0.4, 0.5) is 0 Å². The minimum absolute atomic E-state index is 0.00980. The number of likely N-dealkylation sites (N-methyl/N-ethyl adjacent to an activating group) is 1. The maximum atomic E-state index is 12.2. The van der Waals surface area contributed by atoms with Crippen LogP contribution >= 0.6 is 15.9 Å². The summed E-state index contributed by atoms with van der Waals surface area (Å²) in [6.45, 7) is 2.47. The van der Waals surface area contributed by atoms with Gasteiger partial charge in [-0.2, -0.15) is 0 Å². The molecule has 1 amide bonds. The van der Waals surface area contributed by atoms with Crippen molar-refractivity contribution in [3.8, 4) is 11.5 Å². The number of hydrogen-bond donors (Lipinski definition) is 0. The summed E-state index contributed by atoms with van der Waals surface area (Å²) in [7, 11) is 3.37. The molecule has 0 fully saturated rings. The van der Waals surface area contributed by atoms with E-state index in [2.05, 4.69) is 15.9 Å². The Bertz CT molecular complexity index is 670. The zero-order valence-corrected chi connectivity index (χ0v) is 15.1. The third kappa shape index (κ3) is 4.99. The first-order valence-corrected chi connectivity index (χ1v) is 8.04. The number of benzene rings is 2. The second-order valence-corrected chi connectivity index (χ2v) is 6.22. The number of aryl methyl sites for hydroxylation is 1. The van der Waals surface area contributed by atoms with Gasteiger partial charge in [-0.15, -0.1) is 0 Å². The largest absolute Gasteiger partial charge is 0.496 e. The molecule has 0 heterocycles. The number of carbonyl (C=O) groups is 1. The Kier molecular flexibility index (Phi) is 6.04. The molecule has 0 aliphatic carbocycles. The Hall–Kier alpha value is -2.01. The summed E-state index contributed by atoms with van der Waals surface area (Å²) in [5.74, 6) is 1.36. The Morgan fingerprint density at radius 3 is 2.52 bits per heavy atom. The minimum Gasteiger partial charge on any atom is -0.496 e. The topological polar surface area (TPSA) is 38.8 Å². The molecule has 0 aromatic heterocycles. The van der Waals surface area contributed by atoms with Crippen LogP contribution in [-0.2, 0) is 11.3 Å². The first kappa shape index (κ1) is 17.3. The van der Waals surface area contributed by atoms with Gasteiger partial charge in [0.15, 0.2) is 6.61 Å². The van der Waals surface area contributed by atoms with E-state index < -0.39 is 0 Å². The van der Waals surface area contributed by atoms with Crippen molar-refractivity contribution in [3.05, 3.63) is 58.1 Å². The fourth-order valence-corrected chi connectivity index (χ4v) is 2.51. The van der Waals surface area contributed by atoms with Crippen molar-refractivity contribution in [2.75, 3.05) is 20.8 Å². The van der Waals surface area contributed by atoms with Crippen LogP contribution in [0.5, 0.6) is 11.5 Å². The number of methoxy groups -OCH3 is 1. The lowest BCUT2D eigenvalue weighted by molar-refractivity contribution is -0.132. The average molecular weight is 378 g/mol. The standard InChI is InChI=1S/C18H20BrNO3/c1-13-4-7-16(8-5-13)23-12-18(21)20(2)11-14-10-15(19)6-9-17(14)22-3/h4-10H,11-12H2,1-3H3. The molecule has 2 rings (SSSR count). The highest BCUT2D eigenvalue weighted by atomic mass is 79.9. The zero-order chi connectivity index (χ0) is 16.8. The number of amides is 1. The molecular formula is C18H20BrNO3. The Balaban J connectivity index is 1.94. The van der Waals surface area contributed by atoms with Crippen LogP contribution in [-0.4, -0.2) is 31.6 Å². The van der Waals surface area contributed by atoms with Crippen LogP contribution in [0.1, 0.15) is 11.1 Å². The van der Waals surface area contributed by atoms with E-state index in [1.807, 2.05) is 49.4 Å². The van der Waals surface area contributed by atoms with Gasteiger partial charge >= 0.3 is 0 Å². The summed E-state index contributed by atoms with van der Waals surface area (Å²) in [4.78, 5) is 13.8. The smallest absolute Gasteiger partial charge is 0.260 e. The number of carbonyl (C=O) groups excluding carboxylic acids is 1. The molecule has 0 aliphatic heterocycles. The fraction of sp³-hybridized carbons (Fsp3) is 0.278. The predicted octanol–water partition coefficient (Wildman–Crippen LogP) is 3.80. The van der Waals surface area contributed by atoms with Gasteiger partial charge in [0, 0.05) is 23.6 Å². The normalized spacial score (nSPS) is 10.3. The second kappa shape index (κ2) is 8.02. The molecule has 0 saturated carbocycles. The maximum Gasteiger partial charge on any atom is 0.260 e. The van der Waals surface area contributed by atoms with Gasteiger partial charge in [0.2, 0.25) is 0 Å². The molecule has 122 valence electrons. The first-order valence-electron chi connectivity index (χ1n) is 7.25. The van der Waals surface area contributed by atoms with Crippen LogP contribution in [0.3, 0.4) is 0 Å². The molecule has 0 N–H and O–H groups in total. The lowest BCUT2D eigenvalue weighted by Crippen LogP contribution is -2.31. The van der Waals surface area contributed by atoms with E-state index in [0.717, 1.165) is 21.3 Å². The van der Waals surface area contributed by atoms with Crippen LogP contribution in [0.15, 0.2) is 46.9 Å². The van der Waals surface area contributed by atoms with Gasteiger partial charge in [-0.1, -0.05) is 33.6 Å². The lowest BCUT2D eigenvalue weighted by Gasteiger charge is -2.19. The number of ether oxygens (including phenoxy) is 2. The van der Waals surface area contributed by atoms with Crippen molar-refractivity contribution in [2.45, 2.75) is 13.5 Å². The van der Waals surface area contributed by atoms with Crippen LogP contribution in [0, 0.1) is 6.92 Å². The van der Waals surface area contributed by atoms with E-state index in [4.69, 9.17) is 9.47 Å². The van der Waals surface area contributed by atoms with Gasteiger partial charge in [0.25, 0.3) is 5.91 Å². The van der Waals surface area contributed by atoms with Gasteiger partial charge in [0.05, 0.1) is 7.11 Å². The zero-order valence-electron chi connectivity index (χ0n) is 13.5. The van der Waals surface area contributed by atoms with Crippen LogP contribution < -0.4 is 9.47 Å². The van der Waals surface area contributed by atoms with Crippen molar-refractivity contribution in [3.63, 3.8) is 0 Å². The lowest BCUT2D eigenvalue weighted by atomic mass is 10.2. The second-order valence-electron chi connectivity index (χ2n) is 5.31. The molecule has 23 heavy (non-hydrogen) atoms.